The van der Waals surface area contributed by atoms with E-state index in [4.69, 9.17) is 18.9 Å². The fourth-order valence-corrected chi connectivity index (χ4v) is 3.73. The predicted octanol–water partition coefficient (Wildman–Crippen LogP) is 5.81. The number of fused-ring (bicyclic) bond motifs is 1. The van der Waals surface area contributed by atoms with Crippen LogP contribution in [0.15, 0.2) is 36.4 Å². The van der Waals surface area contributed by atoms with Crippen LogP contribution >= 0.6 is 0 Å². The maximum absolute atomic E-state index is 15.1. The molecule has 0 aliphatic carbocycles. The summed E-state index contributed by atoms with van der Waals surface area (Å²) in [7, 11) is 0. The van der Waals surface area contributed by atoms with Crippen molar-refractivity contribution in [3.05, 3.63) is 64.9 Å². The minimum Gasteiger partial charge on any atom is -0.347 e. The fraction of sp³-hybridized carbons (Fsp3) is 0.357. The van der Waals surface area contributed by atoms with E-state index in [1.807, 2.05) is 13.8 Å². The van der Waals surface area contributed by atoms with Crippen molar-refractivity contribution in [3.8, 4) is 23.1 Å². The van der Waals surface area contributed by atoms with E-state index in [0.29, 0.717) is 43.8 Å². The zero-order valence-corrected chi connectivity index (χ0v) is 20.8. The van der Waals surface area contributed by atoms with Gasteiger partial charge in [0.15, 0.2) is 6.29 Å². The van der Waals surface area contributed by atoms with Gasteiger partial charge in [0.25, 0.3) is 0 Å². The van der Waals surface area contributed by atoms with Crippen molar-refractivity contribution >= 4 is 17.1 Å². The van der Waals surface area contributed by atoms with Gasteiger partial charge < -0.3 is 18.9 Å². The number of halogens is 2. The van der Waals surface area contributed by atoms with Crippen LogP contribution in [0.4, 0.5) is 8.78 Å². The van der Waals surface area contributed by atoms with Gasteiger partial charge in [0.2, 0.25) is 12.6 Å². The van der Waals surface area contributed by atoms with Crippen molar-refractivity contribution in [2.45, 2.75) is 40.3 Å². The molecule has 0 spiro atoms. The van der Waals surface area contributed by atoms with Crippen LogP contribution in [0.25, 0.3) is 22.0 Å². The molecule has 0 aliphatic rings. The molecule has 0 fully saturated rings. The van der Waals surface area contributed by atoms with Crippen molar-refractivity contribution in [1.29, 1.82) is 0 Å². The lowest BCUT2D eigenvalue weighted by atomic mass is 9.95. The van der Waals surface area contributed by atoms with Crippen molar-refractivity contribution in [2.24, 2.45) is 0 Å². The van der Waals surface area contributed by atoms with E-state index in [2.05, 4.69) is 16.8 Å². The van der Waals surface area contributed by atoms with Gasteiger partial charge in [-0.15, -0.1) is 0 Å². The Labute approximate surface area is 209 Å². The van der Waals surface area contributed by atoms with Crippen LogP contribution in [0, 0.1) is 23.5 Å². The highest BCUT2D eigenvalue weighted by Crippen LogP contribution is 2.35. The zero-order chi connectivity index (χ0) is 26.1. The van der Waals surface area contributed by atoms with E-state index in [1.54, 1.807) is 32.0 Å². The van der Waals surface area contributed by atoms with Crippen LogP contribution in [-0.4, -0.2) is 44.0 Å². The third kappa shape index (κ3) is 6.12. The molecule has 0 unspecified atom stereocenters. The molecular formula is C28H29F2NO5. The van der Waals surface area contributed by atoms with Gasteiger partial charge >= 0.3 is 0 Å². The van der Waals surface area contributed by atoms with E-state index < -0.39 is 24.2 Å². The number of hydrogen-bond acceptors (Lipinski definition) is 6. The predicted molar refractivity (Wildman–Crippen MR) is 132 cm³/mol. The Kier molecular flexibility index (Phi) is 10.0. The average Bonchev–Trinajstić information content (AvgIpc) is 2.87. The number of aromatic nitrogens is 1. The van der Waals surface area contributed by atoms with E-state index >= 15 is 4.39 Å². The molecule has 1 aromatic heterocycles. The molecule has 0 N–H and O–H groups in total. The molecule has 3 aromatic rings. The van der Waals surface area contributed by atoms with E-state index in [1.165, 1.54) is 12.1 Å². The number of ether oxygens (including phenoxy) is 4. The van der Waals surface area contributed by atoms with Gasteiger partial charge in [-0.3, -0.25) is 4.79 Å². The number of pyridine rings is 1. The van der Waals surface area contributed by atoms with Gasteiger partial charge in [0.05, 0.1) is 17.0 Å². The van der Waals surface area contributed by atoms with Crippen molar-refractivity contribution in [1.82, 2.24) is 4.98 Å². The molecule has 0 saturated carbocycles. The van der Waals surface area contributed by atoms with E-state index in [9.17, 15) is 9.18 Å². The van der Waals surface area contributed by atoms with Gasteiger partial charge in [-0.05, 0) is 63.3 Å². The number of carbonyl (C=O) groups excluding carboxylic acids is 1. The summed E-state index contributed by atoms with van der Waals surface area (Å²) in [6, 6.07) is 8.88. The summed E-state index contributed by atoms with van der Waals surface area (Å²) in [5.41, 5.74) is 0.648. The van der Waals surface area contributed by atoms with Gasteiger partial charge in [0.1, 0.15) is 11.6 Å². The van der Waals surface area contributed by atoms with Crippen LogP contribution in [-0.2, 0) is 18.9 Å². The molecular weight excluding hydrogens is 468 g/mol. The standard InChI is InChI=1S/C28H29F2NO5/c1-5-33-25(34-6-2)15-13-19-20(12-14-22(29)21(19)17-32)27-26-18(10-9-11-23(26)30)16-24(31-27)28(35-7-3)36-8-4/h9-12,14,16-17,25,28H,5-8H2,1-4H3. The molecule has 0 amide bonds. The number of aldehydes is 1. The summed E-state index contributed by atoms with van der Waals surface area (Å²) in [5, 5.41) is 0.738. The molecule has 190 valence electrons. The summed E-state index contributed by atoms with van der Waals surface area (Å²) in [4.78, 5) is 16.6. The Bertz CT molecular complexity index is 1260. The molecule has 0 atom stereocenters. The minimum absolute atomic E-state index is 0.0491. The first-order valence-electron chi connectivity index (χ1n) is 11.8. The molecule has 8 heteroatoms. The van der Waals surface area contributed by atoms with E-state index in [-0.39, 0.29) is 27.8 Å². The van der Waals surface area contributed by atoms with Crippen LogP contribution in [0.1, 0.15) is 55.6 Å². The van der Waals surface area contributed by atoms with Crippen molar-refractivity contribution < 1.29 is 32.5 Å². The first-order chi connectivity index (χ1) is 17.5. The summed E-state index contributed by atoms with van der Waals surface area (Å²) in [5.74, 6) is 4.34. The number of rotatable bonds is 11. The zero-order valence-electron chi connectivity index (χ0n) is 20.8. The first kappa shape index (κ1) is 27.4. The smallest absolute Gasteiger partial charge is 0.222 e. The van der Waals surface area contributed by atoms with Gasteiger partial charge in [-0.1, -0.05) is 18.1 Å². The van der Waals surface area contributed by atoms with Crippen LogP contribution in [0.2, 0.25) is 0 Å². The summed E-state index contributed by atoms with van der Waals surface area (Å²) in [6.07, 6.45) is -1.30. The largest absolute Gasteiger partial charge is 0.347 e. The number of benzene rings is 2. The maximum Gasteiger partial charge on any atom is 0.222 e. The third-order valence-electron chi connectivity index (χ3n) is 5.22. The molecule has 0 radical (unpaired) electrons. The molecule has 3 rings (SSSR count). The molecule has 1 heterocycles. The highest BCUT2D eigenvalue weighted by Gasteiger charge is 2.22. The lowest BCUT2D eigenvalue weighted by Crippen LogP contribution is -2.15. The SMILES string of the molecule is CCOC(C#Cc1c(-c2nc(C(OCC)OCC)cc3cccc(F)c23)ccc(F)c1C=O)OCC. The highest BCUT2D eigenvalue weighted by molar-refractivity contribution is 5.98. The van der Waals surface area contributed by atoms with Crippen molar-refractivity contribution in [2.75, 3.05) is 26.4 Å². The quantitative estimate of drug-likeness (QED) is 0.189. The van der Waals surface area contributed by atoms with Gasteiger partial charge in [0, 0.05) is 42.9 Å². The maximum atomic E-state index is 15.1. The number of carbonyl (C=O) groups is 1. The normalized spacial score (nSPS) is 11.2. The fourth-order valence-electron chi connectivity index (χ4n) is 3.73. The molecule has 0 aliphatic heterocycles. The van der Waals surface area contributed by atoms with Crippen LogP contribution in [0.3, 0.4) is 0 Å². The molecule has 0 saturated heterocycles. The van der Waals surface area contributed by atoms with E-state index in [0.717, 1.165) is 6.07 Å². The number of hydrogen-bond donors (Lipinski definition) is 0. The first-order valence-corrected chi connectivity index (χ1v) is 11.8. The topological polar surface area (TPSA) is 66.9 Å². The Morgan fingerprint density at radius 3 is 2.19 bits per heavy atom. The van der Waals surface area contributed by atoms with Gasteiger partial charge in [-0.2, -0.15) is 0 Å². The molecule has 6 nitrogen and oxygen atoms in total. The summed E-state index contributed by atoms with van der Waals surface area (Å²) in [6.45, 7) is 8.63. The summed E-state index contributed by atoms with van der Waals surface area (Å²) >= 11 is 0. The number of nitrogens with zero attached hydrogens (tertiary/aromatic N) is 1. The van der Waals surface area contributed by atoms with Gasteiger partial charge in [-0.25, -0.2) is 13.8 Å². The second kappa shape index (κ2) is 13.2. The Hall–Kier alpha value is -3.22. The highest BCUT2D eigenvalue weighted by atomic mass is 19.1. The second-order valence-corrected chi connectivity index (χ2v) is 7.49. The Morgan fingerprint density at radius 2 is 1.58 bits per heavy atom. The molecule has 36 heavy (non-hydrogen) atoms. The lowest BCUT2D eigenvalue weighted by molar-refractivity contribution is -0.142. The molecule has 0 bridgehead atoms. The monoisotopic (exact) mass is 497 g/mol. The second-order valence-electron chi connectivity index (χ2n) is 7.49. The minimum atomic E-state index is -0.885. The Balaban J connectivity index is 2.34. The molecule has 2 aromatic carbocycles. The third-order valence-corrected chi connectivity index (χ3v) is 5.22. The summed E-state index contributed by atoms with van der Waals surface area (Å²) < 4.78 is 52.2. The van der Waals surface area contributed by atoms with Crippen molar-refractivity contribution in [3.63, 3.8) is 0 Å². The van der Waals surface area contributed by atoms with Crippen LogP contribution in [0.5, 0.6) is 0 Å². The average molecular weight is 498 g/mol. The Morgan fingerprint density at radius 1 is 0.917 bits per heavy atom. The lowest BCUT2D eigenvalue weighted by Gasteiger charge is -2.19. The van der Waals surface area contributed by atoms with Crippen LogP contribution < -0.4 is 0 Å².